The van der Waals surface area contributed by atoms with Crippen molar-refractivity contribution in [2.24, 2.45) is 0 Å². The van der Waals surface area contributed by atoms with Crippen LogP contribution in [-0.2, 0) is 9.84 Å². The summed E-state index contributed by atoms with van der Waals surface area (Å²) in [5.41, 5.74) is 0.939. The van der Waals surface area contributed by atoms with Gasteiger partial charge in [0.2, 0.25) is 9.84 Å². The Hall–Kier alpha value is -2.99. The molecule has 134 valence electrons. The topological polar surface area (TPSA) is 76.1 Å². The van der Waals surface area contributed by atoms with Crippen LogP contribution in [0.5, 0.6) is 0 Å². The number of sulfone groups is 1. The molecule has 0 aliphatic carbocycles. The first-order chi connectivity index (χ1) is 12.6. The molecule has 0 saturated carbocycles. The number of benzene rings is 2. The Morgan fingerprint density at radius 3 is 2.04 bits per heavy atom. The zero-order valence-electron chi connectivity index (χ0n) is 14.6. The minimum absolute atomic E-state index is 0.145. The molecule has 1 aromatic heterocycles. The van der Waals surface area contributed by atoms with Gasteiger partial charge >= 0.3 is 0 Å². The number of aromatic nitrogens is 1. The van der Waals surface area contributed by atoms with Crippen molar-refractivity contribution in [2.45, 2.75) is 23.6 Å². The van der Waals surface area contributed by atoms with Gasteiger partial charge in [-0.2, -0.15) is 0 Å². The van der Waals surface area contributed by atoms with E-state index in [1.807, 2.05) is 13.8 Å². The van der Waals surface area contributed by atoms with E-state index in [9.17, 15) is 13.2 Å². The summed E-state index contributed by atoms with van der Waals surface area (Å²) in [6.45, 7) is 4.00. The van der Waals surface area contributed by atoms with Gasteiger partial charge in [0.25, 0.3) is 5.91 Å². The van der Waals surface area contributed by atoms with Crippen LogP contribution in [-0.4, -0.2) is 19.3 Å². The summed E-state index contributed by atoms with van der Waals surface area (Å²) < 4.78 is 25.0. The van der Waals surface area contributed by atoms with E-state index in [0.717, 1.165) is 0 Å². The van der Waals surface area contributed by atoms with E-state index in [0.29, 0.717) is 11.3 Å². The number of hydrogen-bond donors (Lipinski definition) is 1. The zero-order chi connectivity index (χ0) is 19.0. The van der Waals surface area contributed by atoms with Gasteiger partial charge in [-0.05, 0) is 48.5 Å². The molecule has 0 aliphatic heterocycles. The number of amides is 1. The average molecular weight is 368 g/mol. The average Bonchev–Trinajstić information content (AvgIpc) is 2.71. The maximum Gasteiger partial charge on any atom is 0.255 e. The molecule has 0 spiro atoms. The third-order valence-corrected chi connectivity index (χ3v) is 5.19. The van der Waals surface area contributed by atoms with Crippen molar-refractivity contribution in [2.75, 3.05) is 5.32 Å². The van der Waals surface area contributed by atoms with Crippen molar-refractivity contribution >= 4 is 21.4 Å². The molecule has 0 radical (unpaired) electrons. The van der Waals surface area contributed by atoms with Crippen LogP contribution < -0.4 is 5.32 Å². The largest absolute Gasteiger partial charge is 0.321 e. The number of carbonyl (C=O) groups is 1. The summed E-state index contributed by atoms with van der Waals surface area (Å²) >= 11 is 0. The number of rotatable bonds is 4. The highest BCUT2D eigenvalue weighted by Gasteiger charge is 2.17. The standard InChI is InChI=1S/C18H14N2O3S.C2H6/c21-18(20-15-5-4-12-19-13-15)14-8-10-17(11-9-14)24(22,23)16-6-2-1-3-7-16;1-2/h1-13H,(H,20,21);1-2H3. The monoisotopic (exact) mass is 368 g/mol. The van der Waals surface area contributed by atoms with Gasteiger partial charge in [-0.25, -0.2) is 8.42 Å². The molecule has 6 heteroatoms. The lowest BCUT2D eigenvalue weighted by Gasteiger charge is -2.07. The van der Waals surface area contributed by atoms with E-state index >= 15 is 0 Å². The first-order valence-corrected chi connectivity index (χ1v) is 9.67. The Morgan fingerprint density at radius 1 is 0.846 bits per heavy atom. The number of nitrogens with one attached hydrogen (secondary N) is 1. The van der Waals surface area contributed by atoms with Crippen molar-refractivity contribution in [1.29, 1.82) is 0 Å². The molecule has 1 heterocycles. The van der Waals surface area contributed by atoms with Gasteiger partial charge in [-0.3, -0.25) is 9.78 Å². The van der Waals surface area contributed by atoms with Gasteiger partial charge in [0.1, 0.15) is 0 Å². The molecule has 1 amide bonds. The molecule has 0 bridgehead atoms. The molecule has 5 nitrogen and oxygen atoms in total. The van der Waals surface area contributed by atoms with Crippen molar-refractivity contribution in [3.63, 3.8) is 0 Å². The van der Waals surface area contributed by atoms with E-state index in [1.54, 1.807) is 48.7 Å². The Labute approximate surface area is 153 Å². The van der Waals surface area contributed by atoms with Gasteiger partial charge in [-0.15, -0.1) is 0 Å². The maximum absolute atomic E-state index is 12.5. The Bertz CT molecular complexity index is 939. The summed E-state index contributed by atoms with van der Waals surface area (Å²) in [6, 6.07) is 17.4. The van der Waals surface area contributed by atoms with Gasteiger partial charge in [0, 0.05) is 11.8 Å². The highest BCUT2D eigenvalue weighted by atomic mass is 32.2. The van der Waals surface area contributed by atoms with Crippen LogP contribution in [0, 0.1) is 0 Å². The van der Waals surface area contributed by atoms with E-state index < -0.39 is 9.84 Å². The number of hydrogen-bond acceptors (Lipinski definition) is 4. The van der Waals surface area contributed by atoms with Crippen molar-refractivity contribution < 1.29 is 13.2 Å². The number of nitrogens with zero attached hydrogens (tertiary/aromatic N) is 1. The van der Waals surface area contributed by atoms with Crippen LogP contribution in [0.2, 0.25) is 0 Å². The molecule has 1 N–H and O–H groups in total. The molecule has 0 unspecified atom stereocenters. The predicted octanol–water partition coefficient (Wildman–Crippen LogP) is 4.19. The third kappa shape index (κ3) is 4.55. The molecule has 0 fully saturated rings. The van der Waals surface area contributed by atoms with E-state index in [-0.39, 0.29) is 15.7 Å². The fraction of sp³-hybridized carbons (Fsp3) is 0.100. The Kier molecular flexibility index (Phi) is 6.63. The van der Waals surface area contributed by atoms with Crippen LogP contribution in [0.4, 0.5) is 5.69 Å². The summed E-state index contributed by atoms with van der Waals surface area (Å²) in [5, 5.41) is 2.70. The molecule has 0 aliphatic rings. The first-order valence-electron chi connectivity index (χ1n) is 8.19. The van der Waals surface area contributed by atoms with Gasteiger partial charge in [-0.1, -0.05) is 32.0 Å². The predicted molar refractivity (Wildman–Crippen MR) is 102 cm³/mol. The van der Waals surface area contributed by atoms with Crippen LogP contribution in [0.1, 0.15) is 24.2 Å². The maximum atomic E-state index is 12.5. The molecule has 0 atom stereocenters. The molecular weight excluding hydrogens is 348 g/mol. The fourth-order valence-corrected chi connectivity index (χ4v) is 3.44. The van der Waals surface area contributed by atoms with Crippen molar-refractivity contribution in [3.05, 3.63) is 84.7 Å². The lowest BCUT2D eigenvalue weighted by Crippen LogP contribution is -2.12. The summed E-state index contributed by atoms with van der Waals surface area (Å²) in [4.78, 5) is 16.4. The second-order valence-electron chi connectivity index (χ2n) is 5.04. The van der Waals surface area contributed by atoms with Crippen molar-refractivity contribution in [3.8, 4) is 0 Å². The first kappa shape index (κ1) is 19.3. The van der Waals surface area contributed by atoms with Gasteiger partial charge in [0.15, 0.2) is 0 Å². The molecular formula is C20H20N2O3S. The molecule has 0 saturated heterocycles. The third-order valence-electron chi connectivity index (χ3n) is 3.40. The SMILES string of the molecule is CC.O=C(Nc1cccnc1)c1ccc(S(=O)(=O)c2ccccc2)cc1. The minimum atomic E-state index is -3.58. The number of anilines is 1. The Balaban J connectivity index is 0.00000117. The van der Waals surface area contributed by atoms with E-state index in [2.05, 4.69) is 10.3 Å². The minimum Gasteiger partial charge on any atom is -0.321 e. The lowest BCUT2D eigenvalue weighted by molar-refractivity contribution is 0.102. The number of pyridine rings is 1. The second-order valence-corrected chi connectivity index (χ2v) is 6.99. The fourth-order valence-electron chi connectivity index (χ4n) is 2.16. The smallest absolute Gasteiger partial charge is 0.255 e. The van der Waals surface area contributed by atoms with Gasteiger partial charge < -0.3 is 5.32 Å². The normalized spacial score (nSPS) is 10.4. The molecule has 3 rings (SSSR count). The quantitative estimate of drug-likeness (QED) is 0.749. The molecule has 26 heavy (non-hydrogen) atoms. The highest BCUT2D eigenvalue weighted by Crippen LogP contribution is 2.21. The molecule has 3 aromatic rings. The van der Waals surface area contributed by atoms with Crippen LogP contribution in [0.15, 0.2) is 88.9 Å². The van der Waals surface area contributed by atoms with Crippen molar-refractivity contribution in [1.82, 2.24) is 4.98 Å². The van der Waals surface area contributed by atoms with Crippen LogP contribution in [0.3, 0.4) is 0 Å². The molecule has 2 aromatic carbocycles. The van der Waals surface area contributed by atoms with Crippen LogP contribution >= 0.6 is 0 Å². The summed E-state index contributed by atoms with van der Waals surface area (Å²) in [5.74, 6) is -0.327. The van der Waals surface area contributed by atoms with Gasteiger partial charge in [0.05, 0.1) is 21.7 Å². The van der Waals surface area contributed by atoms with E-state index in [1.165, 1.54) is 30.5 Å². The lowest BCUT2D eigenvalue weighted by atomic mass is 10.2. The van der Waals surface area contributed by atoms with E-state index in [4.69, 9.17) is 0 Å². The highest BCUT2D eigenvalue weighted by molar-refractivity contribution is 7.91. The summed E-state index contributed by atoms with van der Waals surface area (Å²) in [7, 11) is -3.58. The Morgan fingerprint density at radius 2 is 1.46 bits per heavy atom. The number of carbonyl (C=O) groups excluding carboxylic acids is 1. The summed E-state index contributed by atoms with van der Waals surface area (Å²) in [6.07, 6.45) is 3.14. The second kappa shape index (κ2) is 8.92. The zero-order valence-corrected chi connectivity index (χ0v) is 15.4. The van der Waals surface area contributed by atoms with Crippen LogP contribution in [0.25, 0.3) is 0 Å².